The van der Waals surface area contributed by atoms with E-state index in [1.807, 2.05) is 44.3 Å². The lowest BCUT2D eigenvalue weighted by atomic mass is 9.99. The molecule has 1 aliphatic heterocycles. The summed E-state index contributed by atoms with van der Waals surface area (Å²) in [7, 11) is 2.04. The highest BCUT2D eigenvalue weighted by atomic mass is 16.5. The van der Waals surface area contributed by atoms with Crippen molar-refractivity contribution < 1.29 is 14.6 Å². The smallest absolute Gasteiger partial charge is 0.259 e. The molecule has 3 aromatic heterocycles. The molecule has 36 heavy (non-hydrogen) atoms. The molecule has 0 radical (unpaired) electrons. The van der Waals surface area contributed by atoms with Crippen molar-refractivity contribution in [3.05, 3.63) is 83.6 Å². The number of nitrogens with zero attached hydrogens (tertiary/aromatic N) is 5. The summed E-state index contributed by atoms with van der Waals surface area (Å²) >= 11 is 0. The summed E-state index contributed by atoms with van der Waals surface area (Å²) in [5.41, 5.74) is 2.73. The predicted octanol–water partition coefficient (Wildman–Crippen LogP) is 2.62. The molecule has 8 nitrogen and oxygen atoms in total. The Labute approximate surface area is 212 Å². The van der Waals surface area contributed by atoms with Gasteiger partial charge >= 0.3 is 0 Å². The van der Waals surface area contributed by atoms with Gasteiger partial charge in [0.25, 0.3) is 5.91 Å². The first-order chi connectivity index (χ1) is 17.4. The van der Waals surface area contributed by atoms with E-state index in [-0.39, 0.29) is 36.5 Å². The van der Waals surface area contributed by atoms with Gasteiger partial charge in [0.05, 0.1) is 12.6 Å². The zero-order valence-corrected chi connectivity index (χ0v) is 20.8. The van der Waals surface area contributed by atoms with E-state index in [1.54, 1.807) is 35.8 Å². The summed E-state index contributed by atoms with van der Waals surface area (Å²) in [6, 6.07) is 10.9. The monoisotopic (exact) mass is 485 g/mol. The van der Waals surface area contributed by atoms with E-state index in [0.29, 0.717) is 29.9 Å². The second-order valence-electron chi connectivity index (χ2n) is 9.22. The van der Waals surface area contributed by atoms with Crippen molar-refractivity contribution in [3.63, 3.8) is 0 Å². The van der Waals surface area contributed by atoms with Gasteiger partial charge in [0, 0.05) is 55.9 Å². The second-order valence-corrected chi connectivity index (χ2v) is 9.22. The fraction of sp³-hybridized carbons (Fsp3) is 0.357. The summed E-state index contributed by atoms with van der Waals surface area (Å²) < 4.78 is 6.37. The van der Waals surface area contributed by atoms with Crippen molar-refractivity contribution in [1.82, 2.24) is 24.8 Å². The van der Waals surface area contributed by atoms with Gasteiger partial charge in [0.15, 0.2) is 0 Å². The van der Waals surface area contributed by atoms with Crippen molar-refractivity contribution in [2.45, 2.75) is 32.5 Å². The number of fused-ring (bicyclic) bond motifs is 1. The Morgan fingerprint density at radius 3 is 2.72 bits per heavy atom. The SMILES string of the molecule is C[C@@H]1CN([C@@H](C)CO)C(=O)c2cc(C#Cc3ccccn3)cnc2O[C@H]1CN(C)Cc1ccncc1. The van der Waals surface area contributed by atoms with Crippen molar-refractivity contribution in [2.24, 2.45) is 5.92 Å². The number of pyridine rings is 3. The van der Waals surface area contributed by atoms with Crippen LogP contribution in [-0.4, -0.2) is 74.7 Å². The van der Waals surface area contributed by atoms with E-state index in [0.717, 1.165) is 12.1 Å². The Morgan fingerprint density at radius 1 is 1.19 bits per heavy atom. The van der Waals surface area contributed by atoms with Gasteiger partial charge in [0.2, 0.25) is 5.88 Å². The summed E-state index contributed by atoms with van der Waals surface area (Å²) in [5, 5.41) is 9.86. The number of rotatable bonds is 6. The molecule has 1 aliphatic rings. The number of ether oxygens (including phenoxy) is 1. The minimum Gasteiger partial charge on any atom is -0.472 e. The molecule has 1 N–H and O–H groups in total. The Balaban J connectivity index is 1.63. The molecular weight excluding hydrogens is 454 g/mol. The highest BCUT2D eigenvalue weighted by molar-refractivity contribution is 5.97. The van der Waals surface area contributed by atoms with Gasteiger partial charge in [-0.3, -0.25) is 14.7 Å². The van der Waals surface area contributed by atoms with Crippen LogP contribution in [0.2, 0.25) is 0 Å². The van der Waals surface area contributed by atoms with E-state index >= 15 is 0 Å². The first kappa shape index (κ1) is 25.3. The summed E-state index contributed by atoms with van der Waals surface area (Å²) in [5.74, 6) is 6.12. The highest BCUT2D eigenvalue weighted by Crippen LogP contribution is 2.27. The molecule has 3 atom stereocenters. The normalized spacial score (nSPS) is 18.4. The summed E-state index contributed by atoms with van der Waals surface area (Å²) in [6.07, 6.45) is 6.65. The molecule has 0 unspecified atom stereocenters. The quantitative estimate of drug-likeness (QED) is 0.537. The van der Waals surface area contributed by atoms with Gasteiger partial charge in [-0.2, -0.15) is 0 Å². The first-order valence-electron chi connectivity index (χ1n) is 12.0. The Hall–Kier alpha value is -3.80. The largest absolute Gasteiger partial charge is 0.472 e. The first-order valence-corrected chi connectivity index (χ1v) is 12.0. The van der Waals surface area contributed by atoms with Crippen LogP contribution >= 0.6 is 0 Å². The highest BCUT2D eigenvalue weighted by Gasteiger charge is 2.34. The van der Waals surface area contributed by atoms with Crippen molar-refractivity contribution >= 4 is 5.91 Å². The lowest BCUT2D eigenvalue weighted by Gasteiger charge is -2.37. The van der Waals surface area contributed by atoms with Crippen molar-refractivity contribution in [1.29, 1.82) is 0 Å². The van der Waals surface area contributed by atoms with Crippen LogP contribution in [0, 0.1) is 17.8 Å². The Morgan fingerprint density at radius 2 is 2.00 bits per heavy atom. The third-order valence-electron chi connectivity index (χ3n) is 6.21. The third kappa shape index (κ3) is 6.25. The Bertz CT molecular complexity index is 1230. The maximum atomic E-state index is 13.5. The summed E-state index contributed by atoms with van der Waals surface area (Å²) in [4.78, 5) is 30.2. The maximum absolute atomic E-state index is 13.5. The lowest BCUT2D eigenvalue weighted by Crippen LogP contribution is -2.49. The third-order valence-corrected chi connectivity index (χ3v) is 6.21. The minimum absolute atomic E-state index is 0.0152. The molecule has 0 fully saturated rings. The number of aliphatic hydroxyl groups is 1. The number of aliphatic hydroxyl groups excluding tert-OH is 1. The predicted molar refractivity (Wildman–Crippen MR) is 136 cm³/mol. The van der Waals surface area contributed by atoms with E-state index in [4.69, 9.17) is 4.74 Å². The van der Waals surface area contributed by atoms with Gasteiger partial charge in [-0.05, 0) is 55.8 Å². The molecular formula is C28H31N5O3. The molecule has 0 aromatic carbocycles. The fourth-order valence-corrected chi connectivity index (χ4v) is 4.13. The van der Waals surface area contributed by atoms with Crippen LogP contribution in [0.4, 0.5) is 0 Å². The molecule has 0 bridgehead atoms. The van der Waals surface area contributed by atoms with E-state index in [1.165, 1.54) is 0 Å². The zero-order valence-electron chi connectivity index (χ0n) is 20.8. The molecule has 3 aromatic rings. The van der Waals surface area contributed by atoms with Gasteiger partial charge in [-0.15, -0.1) is 0 Å². The van der Waals surface area contributed by atoms with Crippen LogP contribution < -0.4 is 4.74 Å². The molecule has 0 aliphatic carbocycles. The molecule has 0 saturated carbocycles. The van der Waals surface area contributed by atoms with E-state index in [2.05, 4.69) is 38.6 Å². The average molecular weight is 486 g/mol. The van der Waals surface area contributed by atoms with Crippen LogP contribution in [0.5, 0.6) is 5.88 Å². The van der Waals surface area contributed by atoms with E-state index in [9.17, 15) is 9.90 Å². The van der Waals surface area contributed by atoms with Gasteiger partial charge in [-0.1, -0.05) is 18.9 Å². The molecule has 4 heterocycles. The summed E-state index contributed by atoms with van der Waals surface area (Å²) in [6.45, 7) is 5.61. The number of amides is 1. The molecule has 1 amide bonds. The van der Waals surface area contributed by atoms with Crippen LogP contribution in [0.25, 0.3) is 0 Å². The van der Waals surface area contributed by atoms with Crippen LogP contribution in [0.3, 0.4) is 0 Å². The van der Waals surface area contributed by atoms with Crippen LogP contribution in [-0.2, 0) is 6.54 Å². The lowest BCUT2D eigenvalue weighted by molar-refractivity contribution is 0.0325. The minimum atomic E-state index is -0.343. The van der Waals surface area contributed by atoms with Crippen LogP contribution in [0.15, 0.2) is 61.2 Å². The number of carbonyl (C=O) groups excluding carboxylic acids is 1. The zero-order chi connectivity index (χ0) is 25.5. The molecule has 0 spiro atoms. The maximum Gasteiger partial charge on any atom is 0.259 e. The van der Waals surface area contributed by atoms with Crippen molar-refractivity contribution in [3.8, 4) is 17.7 Å². The fourth-order valence-electron chi connectivity index (χ4n) is 4.13. The van der Waals surface area contributed by atoms with Crippen molar-refractivity contribution in [2.75, 3.05) is 26.7 Å². The average Bonchev–Trinajstić information content (AvgIpc) is 2.90. The number of hydrogen-bond acceptors (Lipinski definition) is 7. The standard InChI is InChI=1S/C28H31N5O3/c1-20-16-33(21(2)19-34)28(35)25-14-23(7-8-24-6-4-5-11-30-24)15-31-27(25)36-26(20)18-32(3)17-22-9-12-29-13-10-22/h4-6,9-15,20-21,26,34H,16-19H2,1-3H3/t20-,21+,26+/m1/s1. The number of hydrogen-bond donors (Lipinski definition) is 1. The molecule has 8 heteroatoms. The second kappa shape index (κ2) is 11.8. The number of carbonyl (C=O) groups is 1. The topological polar surface area (TPSA) is 91.7 Å². The van der Waals surface area contributed by atoms with Crippen LogP contribution in [0.1, 0.15) is 41.0 Å². The number of likely N-dealkylation sites (N-methyl/N-ethyl adjacent to an activating group) is 1. The van der Waals surface area contributed by atoms with Gasteiger partial charge < -0.3 is 14.7 Å². The molecule has 0 saturated heterocycles. The van der Waals surface area contributed by atoms with Gasteiger partial charge in [0.1, 0.15) is 17.4 Å². The van der Waals surface area contributed by atoms with Gasteiger partial charge in [-0.25, -0.2) is 9.97 Å². The number of aromatic nitrogens is 3. The van der Waals surface area contributed by atoms with E-state index < -0.39 is 0 Å². The Kier molecular flexibility index (Phi) is 8.26. The molecule has 186 valence electrons. The molecule has 4 rings (SSSR count).